The number of anilines is 1. The number of methoxy groups -OCH3 is 2. The van der Waals surface area contributed by atoms with Gasteiger partial charge in [0.1, 0.15) is 18.1 Å². The molecular formula is C24H29N3O3. The Labute approximate surface area is 178 Å². The lowest BCUT2D eigenvalue weighted by molar-refractivity contribution is 0.289. The van der Waals surface area contributed by atoms with Crippen molar-refractivity contribution >= 4 is 5.95 Å². The first-order valence-corrected chi connectivity index (χ1v) is 10.1. The topological polar surface area (TPSA) is 65.5 Å². The van der Waals surface area contributed by atoms with Crippen LogP contribution in [0.2, 0.25) is 0 Å². The molecule has 0 atom stereocenters. The van der Waals surface area contributed by atoms with E-state index >= 15 is 0 Å². The number of hydrogen-bond donors (Lipinski definition) is 1. The fraction of sp³-hybridized carbons (Fsp3) is 0.333. The minimum absolute atomic E-state index is 0.472. The van der Waals surface area contributed by atoms with Gasteiger partial charge in [-0.15, -0.1) is 0 Å². The van der Waals surface area contributed by atoms with Gasteiger partial charge < -0.3 is 19.5 Å². The lowest BCUT2D eigenvalue weighted by atomic mass is 10.1. The summed E-state index contributed by atoms with van der Waals surface area (Å²) in [6, 6.07) is 15.8. The van der Waals surface area contributed by atoms with Crippen molar-refractivity contribution in [2.45, 2.75) is 39.8 Å². The summed E-state index contributed by atoms with van der Waals surface area (Å²) in [5.41, 5.74) is 4.08. The largest absolute Gasteiger partial charge is 0.497 e. The molecule has 158 valence electrons. The van der Waals surface area contributed by atoms with E-state index in [9.17, 15) is 0 Å². The van der Waals surface area contributed by atoms with Gasteiger partial charge in [-0.25, -0.2) is 4.98 Å². The van der Waals surface area contributed by atoms with Gasteiger partial charge in [0, 0.05) is 29.4 Å². The fourth-order valence-electron chi connectivity index (χ4n) is 3.20. The van der Waals surface area contributed by atoms with Gasteiger partial charge >= 0.3 is 0 Å². The predicted molar refractivity (Wildman–Crippen MR) is 118 cm³/mol. The SMILES string of the molecule is CCCc1c(C)nc(NCc2ccc(OC)cc2OC)nc1OCc1ccccc1. The molecule has 0 unspecified atom stereocenters. The summed E-state index contributed by atoms with van der Waals surface area (Å²) in [4.78, 5) is 9.31. The zero-order chi connectivity index (χ0) is 21.3. The maximum Gasteiger partial charge on any atom is 0.226 e. The Bertz CT molecular complexity index is 961. The van der Waals surface area contributed by atoms with E-state index < -0.39 is 0 Å². The average Bonchev–Trinajstić information content (AvgIpc) is 2.78. The van der Waals surface area contributed by atoms with Crippen LogP contribution >= 0.6 is 0 Å². The molecular weight excluding hydrogens is 378 g/mol. The van der Waals surface area contributed by atoms with Crippen LogP contribution in [0.1, 0.15) is 35.7 Å². The molecule has 1 aromatic heterocycles. The van der Waals surface area contributed by atoms with Crippen molar-refractivity contribution in [3.8, 4) is 17.4 Å². The van der Waals surface area contributed by atoms with Crippen molar-refractivity contribution in [2.75, 3.05) is 19.5 Å². The molecule has 0 amide bonds. The van der Waals surface area contributed by atoms with Gasteiger partial charge in [-0.2, -0.15) is 4.98 Å². The Kier molecular flexibility index (Phi) is 7.49. The summed E-state index contributed by atoms with van der Waals surface area (Å²) >= 11 is 0. The van der Waals surface area contributed by atoms with E-state index in [1.165, 1.54) is 0 Å². The van der Waals surface area contributed by atoms with Crippen LogP contribution in [0, 0.1) is 6.92 Å². The fourth-order valence-corrected chi connectivity index (χ4v) is 3.20. The molecule has 0 bridgehead atoms. The van der Waals surface area contributed by atoms with Crippen LogP contribution in [0.3, 0.4) is 0 Å². The molecule has 0 saturated carbocycles. The Hall–Kier alpha value is -3.28. The Morgan fingerprint density at radius 3 is 2.47 bits per heavy atom. The smallest absolute Gasteiger partial charge is 0.226 e. The van der Waals surface area contributed by atoms with Crippen LogP contribution in [0.5, 0.6) is 17.4 Å². The lowest BCUT2D eigenvalue weighted by Crippen LogP contribution is -2.10. The molecule has 0 aliphatic heterocycles. The zero-order valence-corrected chi connectivity index (χ0v) is 18.1. The quantitative estimate of drug-likeness (QED) is 0.513. The number of nitrogens with zero attached hydrogens (tertiary/aromatic N) is 2. The third kappa shape index (κ3) is 5.41. The van der Waals surface area contributed by atoms with Gasteiger partial charge in [-0.05, 0) is 31.0 Å². The van der Waals surface area contributed by atoms with E-state index in [4.69, 9.17) is 14.2 Å². The van der Waals surface area contributed by atoms with Crippen LogP contribution in [0.4, 0.5) is 5.95 Å². The highest BCUT2D eigenvalue weighted by Crippen LogP contribution is 2.27. The van der Waals surface area contributed by atoms with Gasteiger partial charge in [0.25, 0.3) is 0 Å². The summed E-state index contributed by atoms with van der Waals surface area (Å²) < 4.78 is 16.8. The van der Waals surface area contributed by atoms with Crippen LogP contribution in [-0.4, -0.2) is 24.2 Å². The van der Waals surface area contributed by atoms with Gasteiger partial charge in [-0.1, -0.05) is 43.7 Å². The van der Waals surface area contributed by atoms with E-state index in [2.05, 4.69) is 22.2 Å². The minimum atomic E-state index is 0.472. The second-order valence-electron chi connectivity index (χ2n) is 6.97. The molecule has 1 heterocycles. The molecule has 0 spiro atoms. The molecule has 0 radical (unpaired) electrons. The number of rotatable bonds is 10. The molecule has 30 heavy (non-hydrogen) atoms. The summed E-state index contributed by atoms with van der Waals surface area (Å²) in [6.45, 7) is 5.14. The van der Waals surface area contributed by atoms with E-state index in [1.807, 2.05) is 55.5 Å². The number of aromatic nitrogens is 2. The molecule has 6 heteroatoms. The molecule has 1 N–H and O–H groups in total. The second kappa shape index (κ2) is 10.5. The van der Waals surface area contributed by atoms with Gasteiger partial charge in [0.2, 0.25) is 11.8 Å². The van der Waals surface area contributed by atoms with Gasteiger partial charge in [0.05, 0.1) is 14.2 Å². The first-order chi connectivity index (χ1) is 14.6. The second-order valence-corrected chi connectivity index (χ2v) is 6.97. The third-order valence-electron chi connectivity index (χ3n) is 4.83. The molecule has 2 aromatic carbocycles. The van der Waals surface area contributed by atoms with Crippen LogP contribution in [0.25, 0.3) is 0 Å². The van der Waals surface area contributed by atoms with E-state index in [1.54, 1.807) is 14.2 Å². The van der Waals surface area contributed by atoms with Crippen molar-refractivity contribution in [1.29, 1.82) is 0 Å². The number of benzene rings is 2. The number of ether oxygens (including phenoxy) is 3. The molecule has 0 aliphatic rings. The highest BCUT2D eigenvalue weighted by molar-refractivity contribution is 5.44. The van der Waals surface area contributed by atoms with E-state index in [0.29, 0.717) is 25.0 Å². The summed E-state index contributed by atoms with van der Waals surface area (Å²) in [5.74, 6) is 2.68. The van der Waals surface area contributed by atoms with Crippen LogP contribution in [0.15, 0.2) is 48.5 Å². The van der Waals surface area contributed by atoms with E-state index in [-0.39, 0.29) is 0 Å². The Morgan fingerprint density at radius 2 is 1.77 bits per heavy atom. The van der Waals surface area contributed by atoms with Crippen molar-refractivity contribution in [2.24, 2.45) is 0 Å². The summed E-state index contributed by atoms with van der Waals surface area (Å²) in [5, 5.41) is 3.30. The molecule has 6 nitrogen and oxygen atoms in total. The summed E-state index contributed by atoms with van der Waals surface area (Å²) in [6.07, 6.45) is 1.88. The Balaban J connectivity index is 1.79. The molecule has 0 fully saturated rings. The Morgan fingerprint density at radius 1 is 0.967 bits per heavy atom. The first kappa shape index (κ1) is 21.4. The number of hydrogen-bond acceptors (Lipinski definition) is 6. The maximum absolute atomic E-state index is 6.09. The maximum atomic E-state index is 6.09. The van der Waals surface area contributed by atoms with Crippen LogP contribution in [-0.2, 0) is 19.6 Å². The molecule has 0 saturated heterocycles. The normalized spacial score (nSPS) is 10.5. The van der Waals surface area contributed by atoms with Crippen LogP contribution < -0.4 is 19.5 Å². The van der Waals surface area contributed by atoms with E-state index in [0.717, 1.165) is 46.7 Å². The summed E-state index contributed by atoms with van der Waals surface area (Å²) in [7, 11) is 3.28. The molecule has 0 aliphatic carbocycles. The molecule has 3 aromatic rings. The predicted octanol–water partition coefficient (Wildman–Crippen LogP) is 4.95. The van der Waals surface area contributed by atoms with Gasteiger partial charge in [-0.3, -0.25) is 0 Å². The molecule has 3 rings (SSSR count). The lowest BCUT2D eigenvalue weighted by Gasteiger charge is -2.15. The average molecular weight is 408 g/mol. The van der Waals surface area contributed by atoms with Gasteiger partial charge in [0.15, 0.2) is 0 Å². The highest BCUT2D eigenvalue weighted by Gasteiger charge is 2.14. The van der Waals surface area contributed by atoms with Crippen molar-refractivity contribution in [3.05, 3.63) is 70.9 Å². The van der Waals surface area contributed by atoms with Crippen molar-refractivity contribution in [1.82, 2.24) is 9.97 Å². The van der Waals surface area contributed by atoms with Crippen molar-refractivity contribution < 1.29 is 14.2 Å². The number of nitrogens with one attached hydrogen (secondary N) is 1. The monoisotopic (exact) mass is 407 g/mol. The van der Waals surface area contributed by atoms with Crippen molar-refractivity contribution in [3.63, 3.8) is 0 Å². The number of aryl methyl sites for hydroxylation is 1. The minimum Gasteiger partial charge on any atom is -0.497 e. The zero-order valence-electron chi connectivity index (χ0n) is 18.1. The highest BCUT2D eigenvalue weighted by atomic mass is 16.5. The standard InChI is InChI=1S/C24H29N3O3/c1-5-9-21-17(2)26-24(27-23(21)30-16-18-10-7-6-8-11-18)25-15-19-12-13-20(28-3)14-22(19)29-4/h6-8,10-14H,5,9,15-16H2,1-4H3,(H,25,26,27). The first-order valence-electron chi connectivity index (χ1n) is 10.1. The third-order valence-corrected chi connectivity index (χ3v) is 4.83.